The van der Waals surface area contributed by atoms with Gasteiger partial charge in [0.15, 0.2) is 11.8 Å². The molecule has 30 heavy (non-hydrogen) atoms. The van der Waals surface area contributed by atoms with Crippen molar-refractivity contribution in [3.05, 3.63) is 71.2 Å². The molecule has 0 aliphatic rings. The molecule has 0 amide bonds. The first-order valence-corrected chi connectivity index (χ1v) is 10.3. The van der Waals surface area contributed by atoms with E-state index in [9.17, 15) is 0 Å². The van der Waals surface area contributed by atoms with Crippen LogP contribution in [0.5, 0.6) is 5.75 Å². The van der Waals surface area contributed by atoms with Gasteiger partial charge in [0.1, 0.15) is 12.4 Å². The number of aromatic nitrogens is 3. The summed E-state index contributed by atoms with van der Waals surface area (Å²) in [6.45, 7) is 10.7. The lowest BCUT2D eigenvalue weighted by atomic mass is 10.2. The SMILES string of the molecule is CCNC(=NCc1ccc(-n2nc(C)cc2C)nc1)NCCOc1ccc(C)cc1. The normalized spacial score (nSPS) is 11.4. The predicted octanol–water partition coefficient (Wildman–Crippen LogP) is 3.33. The molecular weight excluding hydrogens is 376 g/mol. The third kappa shape index (κ3) is 6.07. The van der Waals surface area contributed by atoms with Crippen molar-refractivity contribution < 1.29 is 4.74 Å². The van der Waals surface area contributed by atoms with E-state index in [0.717, 1.165) is 41.0 Å². The van der Waals surface area contributed by atoms with Gasteiger partial charge in [-0.25, -0.2) is 14.7 Å². The summed E-state index contributed by atoms with van der Waals surface area (Å²) in [5.41, 5.74) is 4.31. The highest BCUT2D eigenvalue weighted by atomic mass is 16.5. The van der Waals surface area contributed by atoms with Crippen molar-refractivity contribution in [3.8, 4) is 11.6 Å². The summed E-state index contributed by atoms with van der Waals surface area (Å²) in [5, 5.41) is 11.0. The van der Waals surface area contributed by atoms with E-state index in [1.54, 1.807) is 0 Å². The number of hydrogen-bond acceptors (Lipinski definition) is 4. The number of guanidine groups is 1. The molecular formula is C23H30N6O. The van der Waals surface area contributed by atoms with Crippen LogP contribution in [0.4, 0.5) is 0 Å². The number of aliphatic imine (C=N–C) groups is 1. The molecule has 7 nitrogen and oxygen atoms in total. The highest BCUT2D eigenvalue weighted by Crippen LogP contribution is 2.11. The summed E-state index contributed by atoms with van der Waals surface area (Å²) < 4.78 is 7.60. The third-order valence-electron chi connectivity index (χ3n) is 4.48. The zero-order valence-corrected chi connectivity index (χ0v) is 18.1. The van der Waals surface area contributed by atoms with Crippen LogP contribution in [0.3, 0.4) is 0 Å². The topological polar surface area (TPSA) is 76.4 Å². The molecule has 2 heterocycles. The van der Waals surface area contributed by atoms with Crippen LogP contribution in [-0.2, 0) is 6.54 Å². The standard InChI is InChI=1S/C23H30N6O/c1-5-24-23(25-12-13-30-21-9-6-17(2)7-10-21)27-16-20-8-11-22(26-15-20)29-19(4)14-18(3)28-29/h6-11,14-15H,5,12-13,16H2,1-4H3,(H2,24,25,27). The number of aryl methyl sites for hydroxylation is 3. The molecule has 3 aromatic rings. The molecule has 2 aromatic heterocycles. The molecule has 0 saturated carbocycles. The molecule has 0 saturated heterocycles. The average Bonchev–Trinajstić information content (AvgIpc) is 3.09. The Morgan fingerprint density at radius 1 is 1.07 bits per heavy atom. The number of ether oxygens (including phenoxy) is 1. The average molecular weight is 407 g/mol. The van der Waals surface area contributed by atoms with E-state index in [4.69, 9.17) is 4.74 Å². The summed E-state index contributed by atoms with van der Waals surface area (Å²) in [6, 6.07) is 14.1. The molecule has 3 rings (SSSR count). The fourth-order valence-electron chi connectivity index (χ4n) is 2.98. The van der Waals surface area contributed by atoms with Gasteiger partial charge in [-0.1, -0.05) is 23.8 Å². The van der Waals surface area contributed by atoms with E-state index in [0.29, 0.717) is 19.7 Å². The second kappa shape index (κ2) is 10.4. The van der Waals surface area contributed by atoms with Gasteiger partial charge < -0.3 is 15.4 Å². The Kier molecular flexibility index (Phi) is 7.43. The largest absolute Gasteiger partial charge is 0.492 e. The Bertz CT molecular complexity index is 960. The fourth-order valence-corrected chi connectivity index (χ4v) is 2.98. The first-order valence-electron chi connectivity index (χ1n) is 10.3. The third-order valence-corrected chi connectivity index (χ3v) is 4.48. The van der Waals surface area contributed by atoms with Crippen molar-refractivity contribution >= 4 is 5.96 Å². The number of hydrogen-bond donors (Lipinski definition) is 2. The van der Waals surface area contributed by atoms with Crippen LogP contribution in [0.1, 0.15) is 29.4 Å². The van der Waals surface area contributed by atoms with Crippen molar-refractivity contribution in [2.75, 3.05) is 19.7 Å². The molecule has 0 unspecified atom stereocenters. The van der Waals surface area contributed by atoms with Crippen LogP contribution >= 0.6 is 0 Å². The van der Waals surface area contributed by atoms with Crippen LogP contribution < -0.4 is 15.4 Å². The van der Waals surface area contributed by atoms with Crippen LogP contribution in [0, 0.1) is 20.8 Å². The first-order chi connectivity index (χ1) is 14.5. The molecule has 0 aliphatic heterocycles. The Morgan fingerprint density at radius 3 is 2.50 bits per heavy atom. The summed E-state index contributed by atoms with van der Waals surface area (Å²) in [4.78, 5) is 9.17. The van der Waals surface area contributed by atoms with Crippen molar-refractivity contribution in [2.45, 2.75) is 34.2 Å². The van der Waals surface area contributed by atoms with Gasteiger partial charge in [0.05, 0.1) is 18.8 Å². The monoisotopic (exact) mass is 406 g/mol. The summed E-state index contributed by atoms with van der Waals surface area (Å²) in [6.07, 6.45) is 1.85. The van der Waals surface area contributed by atoms with Crippen LogP contribution in [-0.4, -0.2) is 40.4 Å². The lowest BCUT2D eigenvalue weighted by Crippen LogP contribution is -2.39. The summed E-state index contributed by atoms with van der Waals surface area (Å²) in [5.74, 6) is 2.44. The molecule has 158 valence electrons. The highest BCUT2D eigenvalue weighted by Gasteiger charge is 2.05. The van der Waals surface area contributed by atoms with Crippen LogP contribution in [0.25, 0.3) is 5.82 Å². The second-order valence-corrected chi connectivity index (χ2v) is 7.15. The minimum Gasteiger partial charge on any atom is -0.492 e. The van der Waals surface area contributed by atoms with Gasteiger partial charge in [-0.15, -0.1) is 0 Å². The second-order valence-electron chi connectivity index (χ2n) is 7.15. The van der Waals surface area contributed by atoms with Crippen molar-refractivity contribution in [1.82, 2.24) is 25.4 Å². The molecule has 0 aliphatic carbocycles. The van der Waals surface area contributed by atoms with Gasteiger partial charge in [0, 0.05) is 18.4 Å². The molecule has 0 bridgehead atoms. The Hall–Kier alpha value is -3.35. The number of rotatable bonds is 8. The van der Waals surface area contributed by atoms with Gasteiger partial charge in [-0.2, -0.15) is 5.10 Å². The van der Waals surface area contributed by atoms with Crippen molar-refractivity contribution in [2.24, 2.45) is 4.99 Å². The molecule has 0 fully saturated rings. The molecule has 0 spiro atoms. The zero-order chi connectivity index (χ0) is 21.3. The van der Waals surface area contributed by atoms with Gasteiger partial charge in [-0.3, -0.25) is 0 Å². The summed E-state index contributed by atoms with van der Waals surface area (Å²) in [7, 11) is 0. The maximum Gasteiger partial charge on any atom is 0.191 e. The molecule has 1 aromatic carbocycles. The summed E-state index contributed by atoms with van der Waals surface area (Å²) >= 11 is 0. The van der Waals surface area contributed by atoms with Gasteiger partial charge in [0.2, 0.25) is 0 Å². The predicted molar refractivity (Wildman–Crippen MR) is 120 cm³/mol. The molecule has 0 radical (unpaired) electrons. The minimum atomic E-state index is 0.540. The number of nitrogens with one attached hydrogen (secondary N) is 2. The Labute approximate surface area is 178 Å². The lowest BCUT2D eigenvalue weighted by Gasteiger charge is -2.12. The van der Waals surface area contributed by atoms with E-state index in [-0.39, 0.29) is 0 Å². The quantitative estimate of drug-likeness (QED) is 0.341. The smallest absolute Gasteiger partial charge is 0.191 e. The Balaban J connectivity index is 1.52. The van der Waals surface area contributed by atoms with Crippen molar-refractivity contribution in [1.29, 1.82) is 0 Å². The van der Waals surface area contributed by atoms with Crippen LogP contribution in [0.15, 0.2) is 53.7 Å². The van der Waals surface area contributed by atoms with E-state index >= 15 is 0 Å². The zero-order valence-electron chi connectivity index (χ0n) is 18.1. The number of pyridine rings is 1. The van der Waals surface area contributed by atoms with E-state index in [2.05, 4.69) is 32.6 Å². The number of nitrogens with zero attached hydrogens (tertiary/aromatic N) is 4. The molecule has 7 heteroatoms. The van der Waals surface area contributed by atoms with Gasteiger partial charge >= 0.3 is 0 Å². The van der Waals surface area contributed by atoms with Crippen molar-refractivity contribution in [3.63, 3.8) is 0 Å². The van der Waals surface area contributed by atoms with E-state index < -0.39 is 0 Å². The van der Waals surface area contributed by atoms with Crippen LogP contribution in [0.2, 0.25) is 0 Å². The first kappa shape index (κ1) is 21.4. The minimum absolute atomic E-state index is 0.540. The molecule has 0 atom stereocenters. The Morgan fingerprint density at radius 2 is 1.87 bits per heavy atom. The highest BCUT2D eigenvalue weighted by molar-refractivity contribution is 5.79. The maximum atomic E-state index is 5.76. The fraction of sp³-hybridized carbons (Fsp3) is 0.348. The lowest BCUT2D eigenvalue weighted by molar-refractivity contribution is 0.322. The maximum absolute atomic E-state index is 5.76. The van der Waals surface area contributed by atoms with Gasteiger partial charge in [0.25, 0.3) is 0 Å². The van der Waals surface area contributed by atoms with Gasteiger partial charge in [-0.05, 0) is 57.5 Å². The number of benzene rings is 1. The molecule has 2 N–H and O–H groups in total. The van der Waals surface area contributed by atoms with E-state index in [1.807, 2.05) is 74.1 Å². The van der Waals surface area contributed by atoms with E-state index in [1.165, 1.54) is 5.56 Å².